The number of nitrogens with zero attached hydrogens (tertiary/aromatic N) is 3. The third kappa shape index (κ3) is 2.29. The molecule has 0 spiro atoms. The summed E-state index contributed by atoms with van der Waals surface area (Å²) in [5.74, 6) is -0.360. The first kappa shape index (κ1) is 11.2. The normalized spacial score (nSPS) is 9.65. The standard InChI is InChI=1S/C11H8N4OS/c1-7-3-2-4-9(8(7)5-12)13-11(16)10-6-17-15-14-10/h2-4,6H,1H3,(H,13,16). The molecule has 0 aliphatic heterocycles. The Kier molecular flexibility index (Phi) is 3.12. The van der Waals surface area contributed by atoms with Crippen molar-refractivity contribution in [2.45, 2.75) is 6.92 Å². The minimum absolute atomic E-state index is 0.250. The lowest BCUT2D eigenvalue weighted by Gasteiger charge is -2.06. The lowest BCUT2D eigenvalue weighted by atomic mass is 10.1. The Bertz CT molecular complexity index is 586. The van der Waals surface area contributed by atoms with Crippen LogP contribution in [0.15, 0.2) is 23.6 Å². The SMILES string of the molecule is Cc1cccc(NC(=O)c2csnn2)c1C#N. The van der Waals surface area contributed by atoms with E-state index in [1.54, 1.807) is 17.5 Å². The summed E-state index contributed by atoms with van der Waals surface area (Å²) in [6.07, 6.45) is 0. The molecule has 1 amide bonds. The molecule has 84 valence electrons. The molecule has 0 fully saturated rings. The highest BCUT2D eigenvalue weighted by atomic mass is 32.1. The van der Waals surface area contributed by atoms with Gasteiger partial charge in [0, 0.05) is 5.38 Å². The van der Waals surface area contributed by atoms with E-state index in [0.29, 0.717) is 11.3 Å². The molecule has 0 atom stereocenters. The van der Waals surface area contributed by atoms with E-state index in [-0.39, 0.29) is 11.6 Å². The third-order valence-corrected chi connectivity index (χ3v) is 2.73. The highest BCUT2D eigenvalue weighted by Crippen LogP contribution is 2.18. The molecule has 0 bridgehead atoms. The molecule has 1 heterocycles. The van der Waals surface area contributed by atoms with Crippen LogP contribution in [0.25, 0.3) is 0 Å². The van der Waals surface area contributed by atoms with Crippen molar-refractivity contribution < 1.29 is 4.79 Å². The van der Waals surface area contributed by atoms with Crippen molar-refractivity contribution in [2.24, 2.45) is 0 Å². The first-order valence-electron chi connectivity index (χ1n) is 4.80. The molecule has 0 unspecified atom stereocenters. The van der Waals surface area contributed by atoms with Crippen LogP contribution in [0.5, 0.6) is 0 Å². The molecule has 1 aromatic carbocycles. The minimum Gasteiger partial charge on any atom is -0.319 e. The van der Waals surface area contributed by atoms with Gasteiger partial charge in [0.2, 0.25) is 0 Å². The molecule has 0 aliphatic carbocycles. The van der Waals surface area contributed by atoms with E-state index in [4.69, 9.17) is 5.26 Å². The molecule has 5 nitrogen and oxygen atoms in total. The number of rotatable bonds is 2. The van der Waals surface area contributed by atoms with E-state index in [0.717, 1.165) is 17.1 Å². The Morgan fingerprint density at radius 1 is 1.53 bits per heavy atom. The summed E-state index contributed by atoms with van der Waals surface area (Å²) >= 11 is 1.10. The van der Waals surface area contributed by atoms with Crippen LogP contribution in [0.2, 0.25) is 0 Å². The van der Waals surface area contributed by atoms with Gasteiger partial charge in [-0.1, -0.05) is 16.6 Å². The predicted octanol–water partition coefficient (Wildman–Crippen LogP) is 1.97. The first-order chi connectivity index (χ1) is 8.22. The highest BCUT2D eigenvalue weighted by molar-refractivity contribution is 7.03. The van der Waals surface area contributed by atoms with E-state index < -0.39 is 0 Å². The van der Waals surface area contributed by atoms with Gasteiger partial charge in [0.1, 0.15) is 6.07 Å². The van der Waals surface area contributed by atoms with Gasteiger partial charge in [0.05, 0.1) is 11.3 Å². The zero-order valence-electron chi connectivity index (χ0n) is 8.97. The molecular formula is C11H8N4OS. The van der Waals surface area contributed by atoms with Crippen molar-refractivity contribution in [1.82, 2.24) is 9.59 Å². The first-order valence-corrected chi connectivity index (χ1v) is 5.64. The molecule has 0 saturated heterocycles. The monoisotopic (exact) mass is 244 g/mol. The number of aromatic nitrogens is 2. The molecule has 1 aromatic heterocycles. The average Bonchev–Trinajstić information content (AvgIpc) is 2.82. The quantitative estimate of drug-likeness (QED) is 0.875. The van der Waals surface area contributed by atoms with Gasteiger partial charge in [-0.15, -0.1) is 5.10 Å². The molecule has 2 rings (SSSR count). The van der Waals surface area contributed by atoms with Crippen LogP contribution < -0.4 is 5.32 Å². The van der Waals surface area contributed by atoms with Crippen LogP contribution in [0, 0.1) is 18.3 Å². The van der Waals surface area contributed by atoms with E-state index in [1.807, 2.05) is 13.0 Å². The Labute approximate surface area is 102 Å². The van der Waals surface area contributed by atoms with Crippen molar-refractivity contribution >= 4 is 23.1 Å². The van der Waals surface area contributed by atoms with Crippen molar-refractivity contribution in [1.29, 1.82) is 5.26 Å². The molecule has 0 aliphatic rings. The van der Waals surface area contributed by atoms with E-state index in [2.05, 4.69) is 21.0 Å². The summed E-state index contributed by atoms with van der Waals surface area (Å²) in [6.45, 7) is 1.82. The minimum atomic E-state index is -0.360. The van der Waals surface area contributed by atoms with Crippen molar-refractivity contribution in [3.05, 3.63) is 40.4 Å². The summed E-state index contributed by atoms with van der Waals surface area (Å²) in [5, 5.41) is 16.9. The highest BCUT2D eigenvalue weighted by Gasteiger charge is 2.12. The van der Waals surface area contributed by atoms with Crippen LogP contribution in [0.4, 0.5) is 5.69 Å². The second-order valence-electron chi connectivity index (χ2n) is 3.35. The number of carbonyl (C=O) groups excluding carboxylic acids is 1. The third-order valence-electron chi connectivity index (χ3n) is 2.23. The van der Waals surface area contributed by atoms with Gasteiger partial charge in [0.15, 0.2) is 5.69 Å². The number of anilines is 1. The largest absolute Gasteiger partial charge is 0.319 e. The topological polar surface area (TPSA) is 78.7 Å². The van der Waals surface area contributed by atoms with Gasteiger partial charge < -0.3 is 5.32 Å². The maximum absolute atomic E-state index is 11.7. The number of aryl methyl sites for hydroxylation is 1. The summed E-state index contributed by atoms with van der Waals surface area (Å²) in [7, 11) is 0. The van der Waals surface area contributed by atoms with E-state index in [1.165, 1.54) is 0 Å². The fourth-order valence-corrected chi connectivity index (χ4v) is 1.81. The fourth-order valence-electron chi connectivity index (χ4n) is 1.37. The van der Waals surface area contributed by atoms with Gasteiger partial charge in [-0.05, 0) is 30.1 Å². The maximum atomic E-state index is 11.7. The summed E-state index contributed by atoms with van der Waals surface area (Å²) in [6, 6.07) is 7.35. The Balaban J connectivity index is 2.29. The van der Waals surface area contributed by atoms with Gasteiger partial charge >= 0.3 is 0 Å². The molecule has 6 heteroatoms. The van der Waals surface area contributed by atoms with Crippen molar-refractivity contribution in [3.63, 3.8) is 0 Å². The number of nitriles is 1. The Morgan fingerprint density at radius 3 is 3.00 bits per heavy atom. The van der Waals surface area contributed by atoms with E-state index in [9.17, 15) is 4.79 Å². The number of hydrogen-bond acceptors (Lipinski definition) is 5. The average molecular weight is 244 g/mol. The lowest BCUT2D eigenvalue weighted by Crippen LogP contribution is -2.13. The van der Waals surface area contributed by atoms with Gasteiger partial charge in [-0.3, -0.25) is 4.79 Å². The molecule has 0 radical (unpaired) electrons. The molecule has 2 aromatic rings. The number of benzene rings is 1. The maximum Gasteiger partial charge on any atom is 0.277 e. The number of nitrogens with one attached hydrogen (secondary N) is 1. The van der Waals surface area contributed by atoms with Crippen LogP contribution in [0.1, 0.15) is 21.6 Å². The molecular weight excluding hydrogens is 236 g/mol. The zero-order chi connectivity index (χ0) is 12.3. The number of amides is 1. The second-order valence-corrected chi connectivity index (χ2v) is 3.96. The van der Waals surface area contributed by atoms with Gasteiger partial charge in [0.25, 0.3) is 5.91 Å². The molecule has 17 heavy (non-hydrogen) atoms. The fraction of sp³-hybridized carbons (Fsp3) is 0.0909. The van der Waals surface area contributed by atoms with Crippen LogP contribution in [-0.4, -0.2) is 15.5 Å². The summed E-state index contributed by atoms with van der Waals surface area (Å²) < 4.78 is 3.61. The van der Waals surface area contributed by atoms with Gasteiger partial charge in [-0.2, -0.15) is 5.26 Å². The molecule has 1 N–H and O–H groups in total. The Hall–Kier alpha value is -2.26. The van der Waals surface area contributed by atoms with E-state index >= 15 is 0 Å². The summed E-state index contributed by atoms with van der Waals surface area (Å²) in [5.41, 5.74) is 2.02. The zero-order valence-corrected chi connectivity index (χ0v) is 9.78. The smallest absolute Gasteiger partial charge is 0.277 e. The van der Waals surface area contributed by atoms with Crippen LogP contribution in [-0.2, 0) is 0 Å². The number of carbonyl (C=O) groups is 1. The Morgan fingerprint density at radius 2 is 2.35 bits per heavy atom. The molecule has 0 saturated carbocycles. The van der Waals surface area contributed by atoms with Crippen LogP contribution >= 0.6 is 11.5 Å². The predicted molar refractivity (Wildman–Crippen MR) is 63.8 cm³/mol. The van der Waals surface area contributed by atoms with Crippen LogP contribution in [0.3, 0.4) is 0 Å². The lowest BCUT2D eigenvalue weighted by molar-refractivity contribution is 0.102. The summed E-state index contributed by atoms with van der Waals surface area (Å²) in [4.78, 5) is 11.7. The second kappa shape index (κ2) is 4.72. The number of hydrogen-bond donors (Lipinski definition) is 1. The van der Waals surface area contributed by atoms with Gasteiger partial charge in [-0.25, -0.2) is 0 Å². The van der Waals surface area contributed by atoms with Crippen molar-refractivity contribution in [2.75, 3.05) is 5.32 Å². The van der Waals surface area contributed by atoms with Crippen molar-refractivity contribution in [3.8, 4) is 6.07 Å².